The van der Waals surface area contributed by atoms with Crippen molar-refractivity contribution in [2.45, 2.75) is 20.4 Å². The molecule has 1 aromatic carbocycles. The molecule has 1 aromatic heterocycles. The molecule has 0 spiro atoms. The molecule has 0 fully saturated rings. The smallest absolute Gasteiger partial charge is 0.281 e. The molecule has 0 saturated heterocycles. The number of Topliss-reactive ketones (excluding diaryl/α,β-unsaturated/α-hetero) is 1. The first-order chi connectivity index (χ1) is 11.9. The normalized spacial score (nSPS) is 10.8. The Hall–Kier alpha value is -3.31. The Morgan fingerprint density at radius 2 is 1.92 bits per heavy atom. The average molecular weight is 340 g/mol. The summed E-state index contributed by atoms with van der Waals surface area (Å²) < 4.78 is 0.874. The number of pyridine rings is 1. The van der Waals surface area contributed by atoms with Crippen LogP contribution in [-0.4, -0.2) is 27.2 Å². The van der Waals surface area contributed by atoms with Crippen LogP contribution in [0.15, 0.2) is 39.3 Å². The highest BCUT2D eigenvalue weighted by Crippen LogP contribution is 2.26. The first-order valence-corrected chi connectivity index (χ1v) is 7.40. The van der Waals surface area contributed by atoms with Crippen LogP contribution >= 0.6 is 0 Å². The summed E-state index contributed by atoms with van der Waals surface area (Å²) in [6.07, 6.45) is 0. The average Bonchev–Trinajstić information content (AvgIpc) is 2.59. The van der Waals surface area contributed by atoms with Gasteiger partial charge in [-0.05, 0) is 38.1 Å². The van der Waals surface area contributed by atoms with E-state index in [0.717, 1.165) is 4.57 Å². The summed E-state index contributed by atoms with van der Waals surface area (Å²) in [6, 6.07) is 8.15. The number of hydrogen-bond acceptors (Lipinski definition) is 7. The number of aliphatic hydroxyl groups excluding tert-OH is 1. The number of aromatic nitrogens is 1. The Labute approximate surface area is 143 Å². The number of rotatable bonds is 5. The summed E-state index contributed by atoms with van der Waals surface area (Å²) in [5.74, 6) is -0.591. The van der Waals surface area contributed by atoms with Crippen molar-refractivity contribution in [1.29, 1.82) is 5.26 Å². The van der Waals surface area contributed by atoms with Crippen molar-refractivity contribution < 1.29 is 15.0 Å². The Bertz CT molecular complexity index is 937. The Kier molecular flexibility index (Phi) is 5.41. The van der Waals surface area contributed by atoms with Crippen LogP contribution in [0.5, 0.6) is 5.88 Å². The number of ketones is 1. The summed E-state index contributed by atoms with van der Waals surface area (Å²) in [5, 5.41) is 36.1. The minimum atomic E-state index is -0.660. The zero-order valence-electron chi connectivity index (χ0n) is 13.7. The van der Waals surface area contributed by atoms with Gasteiger partial charge in [0.1, 0.15) is 11.6 Å². The van der Waals surface area contributed by atoms with E-state index in [0.29, 0.717) is 11.3 Å². The Balaban J connectivity index is 2.52. The molecule has 0 bridgehead atoms. The molecular weight excluding hydrogens is 324 g/mol. The van der Waals surface area contributed by atoms with Crippen molar-refractivity contribution in [1.82, 2.24) is 4.57 Å². The van der Waals surface area contributed by atoms with Crippen LogP contribution in [0.3, 0.4) is 0 Å². The number of nitriles is 1. The van der Waals surface area contributed by atoms with Gasteiger partial charge < -0.3 is 10.2 Å². The highest BCUT2D eigenvalue weighted by Gasteiger charge is 2.18. The minimum absolute atomic E-state index is 0.0802. The lowest BCUT2D eigenvalue weighted by atomic mass is 10.1. The first kappa shape index (κ1) is 18.0. The summed E-state index contributed by atoms with van der Waals surface area (Å²) in [7, 11) is 0. The van der Waals surface area contributed by atoms with Gasteiger partial charge in [-0.1, -0.05) is 0 Å². The van der Waals surface area contributed by atoms with Crippen LogP contribution in [0.25, 0.3) is 0 Å². The Morgan fingerprint density at radius 1 is 1.28 bits per heavy atom. The third-order valence-corrected chi connectivity index (χ3v) is 3.63. The molecule has 0 unspecified atom stereocenters. The first-order valence-electron chi connectivity index (χ1n) is 7.40. The van der Waals surface area contributed by atoms with Gasteiger partial charge in [0.2, 0.25) is 5.88 Å². The number of carbonyl (C=O) groups excluding carboxylic acids is 1. The van der Waals surface area contributed by atoms with E-state index in [1.807, 2.05) is 6.07 Å². The van der Waals surface area contributed by atoms with E-state index >= 15 is 0 Å². The van der Waals surface area contributed by atoms with Gasteiger partial charge in [-0.3, -0.25) is 14.2 Å². The highest BCUT2D eigenvalue weighted by molar-refractivity contribution is 5.94. The molecule has 128 valence electrons. The largest absolute Gasteiger partial charge is 0.493 e. The number of aromatic hydroxyl groups is 1. The van der Waals surface area contributed by atoms with Crippen molar-refractivity contribution in [2.24, 2.45) is 10.2 Å². The van der Waals surface area contributed by atoms with Gasteiger partial charge in [0.15, 0.2) is 11.5 Å². The lowest BCUT2D eigenvalue weighted by Crippen LogP contribution is -2.23. The van der Waals surface area contributed by atoms with Gasteiger partial charge in [0, 0.05) is 11.1 Å². The fraction of sp³-hybridized carbons (Fsp3) is 0.235. The summed E-state index contributed by atoms with van der Waals surface area (Å²) >= 11 is 0. The third-order valence-electron chi connectivity index (χ3n) is 3.63. The van der Waals surface area contributed by atoms with E-state index in [-0.39, 0.29) is 35.7 Å². The predicted octanol–water partition coefficient (Wildman–Crippen LogP) is 2.34. The molecule has 2 N–H and O–H groups in total. The second-order valence-corrected chi connectivity index (χ2v) is 5.27. The molecule has 0 amide bonds. The standard InChI is InChI=1S/C17H16N4O4/c1-10-14(9-18)16(24)21(7-8-22)17(25)15(10)20-19-13-5-3-12(4-6-13)11(2)23/h3-6,22,24H,7-8H2,1-2H3. The van der Waals surface area contributed by atoms with Crippen molar-refractivity contribution in [3.63, 3.8) is 0 Å². The topological polar surface area (TPSA) is 128 Å². The monoisotopic (exact) mass is 340 g/mol. The van der Waals surface area contributed by atoms with Crippen LogP contribution in [0.1, 0.15) is 28.4 Å². The number of nitrogens with zero attached hydrogens (tertiary/aromatic N) is 4. The quantitative estimate of drug-likeness (QED) is 0.637. The van der Waals surface area contributed by atoms with Crippen LogP contribution in [0, 0.1) is 18.3 Å². The predicted molar refractivity (Wildman–Crippen MR) is 89.5 cm³/mol. The Morgan fingerprint density at radius 3 is 2.44 bits per heavy atom. The maximum Gasteiger partial charge on any atom is 0.281 e. The summed E-state index contributed by atoms with van der Waals surface area (Å²) in [5.41, 5.74) is 0.281. The number of benzene rings is 1. The lowest BCUT2D eigenvalue weighted by Gasteiger charge is -2.11. The van der Waals surface area contributed by atoms with E-state index in [9.17, 15) is 20.0 Å². The molecule has 1 heterocycles. The van der Waals surface area contributed by atoms with E-state index < -0.39 is 11.4 Å². The minimum Gasteiger partial charge on any atom is -0.493 e. The molecular formula is C17H16N4O4. The highest BCUT2D eigenvalue weighted by atomic mass is 16.3. The maximum absolute atomic E-state index is 12.4. The third kappa shape index (κ3) is 3.62. The van der Waals surface area contributed by atoms with E-state index in [1.165, 1.54) is 13.8 Å². The molecule has 8 nitrogen and oxygen atoms in total. The molecule has 0 radical (unpaired) electrons. The van der Waals surface area contributed by atoms with Crippen molar-refractivity contribution in [2.75, 3.05) is 6.61 Å². The van der Waals surface area contributed by atoms with Crippen LogP contribution in [0.4, 0.5) is 11.4 Å². The molecule has 0 saturated carbocycles. The second-order valence-electron chi connectivity index (χ2n) is 5.27. The van der Waals surface area contributed by atoms with Crippen molar-refractivity contribution >= 4 is 17.2 Å². The van der Waals surface area contributed by atoms with E-state index in [2.05, 4.69) is 10.2 Å². The molecule has 0 aliphatic carbocycles. The zero-order valence-corrected chi connectivity index (χ0v) is 13.7. The molecule has 2 rings (SSSR count). The van der Waals surface area contributed by atoms with Gasteiger partial charge in [-0.2, -0.15) is 10.4 Å². The second kappa shape index (κ2) is 7.51. The van der Waals surface area contributed by atoms with Gasteiger partial charge in [0.05, 0.1) is 18.8 Å². The molecule has 0 aliphatic rings. The summed E-state index contributed by atoms with van der Waals surface area (Å²) in [4.78, 5) is 23.7. The fourth-order valence-corrected chi connectivity index (χ4v) is 2.24. The molecule has 25 heavy (non-hydrogen) atoms. The SMILES string of the molecule is CC(=O)c1ccc(N=Nc2c(C)c(C#N)c(O)n(CCO)c2=O)cc1. The van der Waals surface area contributed by atoms with Crippen molar-refractivity contribution in [3.8, 4) is 11.9 Å². The molecule has 8 heteroatoms. The number of carbonyl (C=O) groups is 1. The van der Waals surface area contributed by atoms with E-state index in [4.69, 9.17) is 5.11 Å². The maximum atomic E-state index is 12.4. The number of aliphatic hydroxyl groups is 1. The molecule has 0 aliphatic heterocycles. The summed E-state index contributed by atoms with van der Waals surface area (Å²) in [6.45, 7) is 2.37. The molecule has 0 atom stereocenters. The molecule has 2 aromatic rings. The van der Waals surface area contributed by atoms with Gasteiger partial charge in [0.25, 0.3) is 5.56 Å². The zero-order chi connectivity index (χ0) is 18.6. The van der Waals surface area contributed by atoms with Crippen LogP contribution < -0.4 is 5.56 Å². The van der Waals surface area contributed by atoms with Gasteiger partial charge in [-0.15, -0.1) is 5.11 Å². The van der Waals surface area contributed by atoms with Crippen LogP contribution in [-0.2, 0) is 6.54 Å². The van der Waals surface area contributed by atoms with E-state index in [1.54, 1.807) is 24.3 Å². The lowest BCUT2D eigenvalue weighted by molar-refractivity contribution is 0.101. The number of azo groups is 1. The van der Waals surface area contributed by atoms with Gasteiger partial charge in [-0.25, -0.2) is 0 Å². The van der Waals surface area contributed by atoms with Crippen molar-refractivity contribution in [3.05, 3.63) is 51.3 Å². The van der Waals surface area contributed by atoms with Gasteiger partial charge >= 0.3 is 0 Å². The fourth-order valence-electron chi connectivity index (χ4n) is 2.24. The number of hydrogen-bond donors (Lipinski definition) is 2. The van der Waals surface area contributed by atoms with Crippen LogP contribution in [0.2, 0.25) is 0 Å².